The SMILES string of the molecule is CCOCCN(C)c1nc2sccn2c1CCN. The zero-order valence-corrected chi connectivity index (χ0v) is 11.7. The van der Waals surface area contributed by atoms with Crippen molar-refractivity contribution < 1.29 is 4.74 Å². The highest BCUT2D eigenvalue weighted by Gasteiger charge is 2.15. The van der Waals surface area contributed by atoms with Crippen LogP contribution in [0.3, 0.4) is 0 Å². The first-order chi connectivity index (χ1) is 8.77. The molecule has 0 fully saturated rings. The first kappa shape index (κ1) is 13.3. The minimum absolute atomic E-state index is 0.635. The molecule has 0 aliphatic heterocycles. The highest BCUT2D eigenvalue weighted by atomic mass is 32.1. The number of likely N-dealkylation sites (N-methyl/N-ethyl adjacent to an activating group) is 1. The van der Waals surface area contributed by atoms with Crippen LogP contribution in [0.15, 0.2) is 11.6 Å². The first-order valence-corrected chi connectivity index (χ1v) is 7.09. The van der Waals surface area contributed by atoms with E-state index in [0.717, 1.165) is 37.0 Å². The van der Waals surface area contributed by atoms with Gasteiger partial charge in [0.25, 0.3) is 0 Å². The van der Waals surface area contributed by atoms with E-state index in [0.29, 0.717) is 6.54 Å². The molecule has 0 saturated carbocycles. The van der Waals surface area contributed by atoms with E-state index in [1.54, 1.807) is 11.3 Å². The van der Waals surface area contributed by atoms with Crippen molar-refractivity contribution in [2.75, 3.05) is 38.3 Å². The monoisotopic (exact) mass is 268 g/mol. The van der Waals surface area contributed by atoms with Crippen LogP contribution in [0.25, 0.3) is 4.96 Å². The van der Waals surface area contributed by atoms with Crippen LogP contribution in [0, 0.1) is 0 Å². The maximum Gasteiger partial charge on any atom is 0.195 e. The average molecular weight is 268 g/mol. The summed E-state index contributed by atoms with van der Waals surface area (Å²) in [4.78, 5) is 7.83. The van der Waals surface area contributed by atoms with Crippen molar-refractivity contribution >= 4 is 22.1 Å². The minimum atomic E-state index is 0.635. The molecule has 2 aromatic rings. The van der Waals surface area contributed by atoms with Crippen LogP contribution in [0.1, 0.15) is 12.6 Å². The zero-order valence-electron chi connectivity index (χ0n) is 10.9. The Balaban J connectivity index is 2.19. The van der Waals surface area contributed by atoms with Crippen LogP contribution in [0.2, 0.25) is 0 Å². The normalized spacial score (nSPS) is 11.3. The van der Waals surface area contributed by atoms with Crippen molar-refractivity contribution in [3.05, 3.63) is 17.3 Å². The fraction of sp³-hybridized carbons (Fsp3) is 0.583. The molecule has 0 aliphatic rings. The standard InChI is InChI=1S/C12H20N4OS/c1-3-17-8-6-15(2)11-10(4-5-13)16-7-9-18-12(16)14-11/h7,9H,3-6,8,13H2,1-2H3. The molecule has 0 bridgehead atoms. The van der Waals surface area contributed by atoms with Crippen molar-refractivity contribution in [2.24, 2.45) is 5.73 Å². The zero-order chi connectivity index (χ0) is 13.0. The molecule has 5 nitrogen and oxygen atoms in total. The Hall–Kier alpha value is -1.11. The van der Waals surface area contributed by atoms with Gasteiger partial charge in [0.2, 0.25) is 0 Å². The molecule has 0 atom stereocenters. The largest absolute Gasteiger partial charge is 0.380 e. The Morgan fingerprint density at radius 1 is 1.56 bits per heavy atom. The maximum absolute atomic E-state index is 5.69. The van der Waals surface area contributed by atoms with E-state index in [1.807, 2.05) is 19.4 Å². The van der Waals surface area contributed by atoms with Gasteiger partial charge in [0, 0.05) is 38.2 Å². The Kier molecular flexibility index (Phi) is 4.57. The molecular formula is C12H20N4OS. The number of nitrogens with zero attached hydrogens (tertiary/aromatic N) is 3. The molecule has 0 radical (unpaired) electrons. The van der Waals surface area contributed by atoms with Crippen LogP contribution in [0.4, 0.5) is 5.82 Å². The summed E-state index contributed by atoms with van der Waals surface area (Å²) in [6.07, 6.45) is 2.89. The van der Waals surface area contributed by atoms with Gasteiger partial charge in [-0.15, -0.1) is 11.3 Å². The maximum atomic E-state index is 5.69. The topological polar surface area (TPSA) is 55.8 Å². The number of aromatic nitrogens is 2. The molecule has 0 amide bonds. The molecule has 6 heteroatoms. The molecule has 2 rings (SSSR count). The van der Waals surface area contributed by atoms with Gasteiger partial charge in [-0.3, -0.25) is 4.40 Å². The van der Waals surface area contributed by atoms with Crippen molar-refractivity contribution in [1.29, 1.82) is 0 Å². The Labute approximate surface area is 111 Å². The summed E-state index contributed by atoms with van der Waals surface area (Å²) in [7, 11) is 2.05. The second-order valence-electron chi connectivity index (χ2n) is 4.09. The van der Waals surface area contributed by atoms with Crippen LogP contribution >= 0.6 is 11.3 Å². The average Bonchev–Trinajstić information content (AvgIpc) is 2.92. The molecular weight excluding hydrogens is 248 g/mol. The number of nitrogens with two attached hydrogens (primary N) is 1. The van der Waals surface area contributed by atoms with Crippen LogP contribution in [0.5, 0.6) is 0 Å². The summed E-state index contributed by atoms with van der Waals surface area (Å²) >= 11 is 1.65. The number of anilines is 1. The molecule has 0 spiro atoms. The fourth-order valence-corrected chi connectivity index (χ4v) is 2.68. The Morgan fingerprint density at radius 3 is 3.11 bits per heavy atom. The lowest BCUT2D eigenvalue weighted by atomic mass is 10.3. The van der Waals surface area contributed by atoms with Crippen LogP contribution < -0.4 is 10.6 Å². The van der Waals surface area contributed by atoms with E-state index in [-0.39, 0.29) is 0 Å². The van der Waals surface area contributed by atoms with Crippen molar-refractivity contribution in [1.82, 2.24) is 9.38 Å². The number of ether oxygens (including phenoxy) is 1. The van der Waals surface area contributed by atoms with E-state index >= 15 is 0 Å². The van der Waals surface area contributed by atoms with Crippen molar-refractivity contribution in [3.8, 4) is 0 Å². The number of thiazole rings is 1. The van der Waals surface area contributed by atoms with Crippen molar-refractivity contribution in [3.63, 3.8) is 0 Å². The summed E-state index contributed by atoms with van der Waals surface area (Å²) < 4.78 is 7.51. The van der Waals surface area contributed by atoms with E-state index < -0.39 is 0 Å². The highest BCUT2D eigenvalue weighted by Crippen LogP contribution is 2.24. The Bertz CT molecular complexity index is 493. The number of hydrogen-bond donors (Lipinski definition) is 1. The third kappa shape index (κ3) is 2.66. The van der Waals surface area contributed by atoms with Gasteiger partial charge in [0.15, 0.2) is 10.8 Å². The number of fused-ring (bicyclic) bond motifs is 1. The van der Waals surface area contributed by atoms with E-state index in [4.69, 9.17) is 10.5 Å². The van der Waals surface area contributed by atoms with Crippen molar-refractivity contribution in [2.45, 2.75) is 13.3 Å². The molecule has 100 valence electrons. The summed E-state index contributed by atoms with van der Waals surface area (Å²) in [5.41, 5.74) is 6.88. The van der Waals surface area contributed by atoms with Gasteiger partial charge in [0.1, 0.15) is 0 Å². The van der Waals surface area contributed by atoms with Gasteiger partial charge in [-0.25, -0.2) is 4.98 Å². The Morgan fingerprint density at radius 2 is 2.39 bits per heavy atom. The number of imidazole rings is 1. The molecule has 0 saturated heterocycles. The fourth-order valence-electron chi connectivity index (χ4n) is 1.95. The van der Waals surface area contributed by atoms with Gasteiger partial charge in [0.05, 0.1) is 12.3 Å². The predicted molar refractivity (Wildman–Crippen MR) is 75.6 cm³/mol. The molecule has 2 N–H and O–H groups in total. The lowest BCUT2D eigenvalue weighted by molar-refractivity contribution is 0.154. The van der Waals surface area contributed by atoms with Gasteiger partial charge < -0.3 is 15.4 Å². The summed E-state index contributed by atoms with van der Waals surface area (Å²) in [5.74, 6) is 1.02. The molecule has 0 aromatic carbocycles. The lowest BCUT2D eigenvalue weighted by Crippen LogP contribution is -2.24. The van der Waals surface area contributed by atoms with Gasteiger partial charge in [-0.2, -0.15) is 0 Å². The second kappa shape index (κ2) is 6.17. The predicted octanol–water partition coefficient (Wildman–Crippen LogP) is 1.37. The van der Waals surface area contributed by atoms with Gasteiger partial charge in [-0.1, -0.05) is 0 Å². The van der Waals surface area contributed by atoms with Gasteiger partial charge >= 0.3 is 0 Å². The smallest absolute Gasteiger partial charge is 0.195 e. The second-order valence-corrected chi connectivity index (χ2v) is 4.97. The third-order valence-electron chi connectivity index (χ3n) is 2.86. The quantitative estimate of drug-likeness (QED) is 0.771. The minimum Gasteiger partial charge on any atom is -0.380 e. The molecule has 0 aliphatic carbocycles. The highest BCUT2D eigenvalue weighted by molar-refractivity contribution is 7.15. The molecule has 0 unspecified atom stereocenters. The van der Waals surface area contributed by atoms with Crippen LogP contribution in [-0.2, 0) is 11.2 Å². The van der Waals surface area contributed by atoms with Gasteiger partial charge in [-0.05, 0) is 13.5 Å². The third-order valence-corrected chi connectivity index (χ3v) is 3.61. The summed E-state index contributed by atoms with van der Waals surface area (Å²) in [5, 5.41) is 2.05. The molecule has 2 aromatic heterocycles. The van der Waals surface area contributed by atoms with E-state index in [1.165, 1.54) is 5.69 Å². The van der Waals surface area contributed by atoms with Crippen LogP contribution in [-0.4, -0.2) is 42.7 Å². The lowest BCUT2D eigenvalue weighted by Gasteiger charge is -2.18. The molecule has 2 heterocycles. The number of hydrogen-bond acceptors (Lipinski definition) is 5. The van der Waals surface area contributed by atoms with E-state index in [2.05, 4.69) is 20.5 Å². The summed E-state index contributed by atoms with van der Waals surface area (Å²) in [6, 6.07) is 0. The number of rotatable bonds is 7. The van der Waals surface area contributed by atoms with E-state index in [9.17, 15) is 0 Å². The molecule has 18 heavy (non-hydrogen) atoms. The first-order valence-electron chi connectivity index (χ1n) is 6.21. The summed E-state index contributed by atoms with van der Waals surface area (Å²) in [6.45, 7) is 4.96.